The van der Waals surface area contributed by atoms with Crippen LogP contribution in [0.1, 0.15) is 11.1 Å². The summed E-state index contributed by atoms with van der Waals surface area (Å²) in [7, 11) is 0. The first-order chi connectivity index (χ1) is 7.88. The summed E-state index contributed by atoms with van der Waals surface area (Å²) in [5.74, 6) is 0. The van der Waals surface area contributed by atoms with Gasteiger partial charge in [0.2, 0.25) is 0 Å². The van der Waals surface area contributed by atoms with Gasteiger partial charge in [-0.05, 0) is 11.1 Å². The third-order valence-corrected chi connectivity index (χ3v) is 2.89. The maximum Gasteiger partial charge on any atom is 0.106 e. The molecule has 1 aliphatic heterocycles. The van der Waals surface area contributed by atoms with Crippen LogP contribution < -0.4 is 5.32 Å². The molecule has 16 heavy (non-hydrogen) atoms. The van der Waals surface area contributed by atoms with Crippen LogP contribution in [0.4, 0.5) is 0 Å². The fourth-order valence-corrected chi connectivity index (χ4v) is 1.95. The predicted octanol–water partition coefficient (Wildman–Crippen LogP) is 1.36. The monoisotopic (exact) mass is 219 g/mol. The molecule has 1 saturated heterocycles. The van der Waals surface area contributed by atoms with E-state index >= 15 is 0 Å². The van der Waals surface area contributed by atoms with Crippen molar-refractivity contribution in [3.8, 4) is 0 Å². The first-order valence-electron chi connectivity index (χ1n) is 5.68. The molecular formula is C12H17N3O. The highest BCUT2D eigenvalue weighted by molar-refractivity contribution is 5.22. The van der Waals surface area contributed by atoms with Gasteiger partial charge < -0.3 is 5.32 Å². The minimum atomic E-state index is 0.272. The molecule has 86 valence electrons. The maximum atomic E-state index is 10.1. The van der Waals surface area contributed by atoms with E-state index in [1.54, 1.807) is 0 Å². The Balaban J connectivity index is 1.90. The summed E-state index contributed by atoms with van der Waals surface area (Å²) in [5, 5.41) is 6.22. The molecule has 1 aromatic rings. The minimum absolute atomic E-state index is 0.272. The third-order valence-electron chi connectivity index (χ3n) is 2.89. The number of rotatable bonds is 4. The zero-order valence-electron chi connectivity index (χ0n) is 9.35. The highest BCUT2D eigenvalue weighted by atomic mass is 16.3. The van der Waals surface area contributed by atoms with Crippen molar-refractivity contribution in [2.45, 2.75) is 13.1 Å². The van der Waals surface area contributed by atoms with Crippen LogP contribution >= 0.6 is 0 Å². The summed E-state index contributed by atoms with van der Waals surface area (Å²) < 4.78 is 0. The van der Waals surface area contributed by atoms with Crippen LogP contribution in [0.2, 0.25) is 0 Å². The number of nitrogens with one attached hydrogen (secondary N) is 1. The van der Waals surface area contributed by atoms with Crippen molar-refractivity contribution in [2.24, 2.45) is 5.18 Å². The molecule has 0 unspecified atom stereocenters. The van der Waals surface area contributed by atoms with Crippen molar-refractivity contribution in [3.05, 3.63) is 40.3 Å². The first-order valence-corrected chi connectivity index (χ1v) is 5.68. The summed E-state index contributed by atoms with van der Waals surface area (Å²) in [6.45, 7) is 5.64. The number of nitrogens with zero attached hydrogens (tertiary/aromatic N) is 2. The van der Waals surface area contributed by atoms with Crippen LogP contribution in [0.5, 0.6) is 0 Å². The van der Waals surface area contributed by atoms with E-state index in [0.29, 0.717) is 0 Å². The van der Waals surface area contributed by atoms with E-state index in [2.05, 4.69) is 27.5 Å². The molecule has 4 nitrogen and oxygen atoms in total. The molecule has 0 saturated carbocycles. The van der Waals surface area contributed by atoms with Crippen molar-refractivity contribution in [1.29, 1.82) is 0 Å². The number of nitroso groups, excluding NO2 is 1. The second kappa shape index (κ2) is 5.72. The average molecular weight is 219 g/mol. The molecule has 0 radical (unpaired) electrons. The third kappa shape index (κ3) is 3.12. The van der Waals surface area contributed by atoms with Crippen molar-refractivity contribution in [2.75, 3.05) is 26.2 Å². The van der Waals surface area contributed by atoms with E-state index in [4.69, 9.17) is 0 Å². The average Bonchev–Trinajstić information content (AvgIpc) is 2.33. The molecule has 0 bridgehead atoms. The molecule has 0 aliphatic carbocycles. The second-order valence-corrected chi connectivity index (χ2v) is 4.13. The SMILES string of the molecule is O=NCc1ccc(CN2CCNCC2)cc1. The summed E-state index contributed by atoms with van der Waals surface area (Å²) in [4.78, 5) is 12.5. The Morgan fingerprint density at radius 3 is 2.38 bits per heavy atom. The highest BCUT2D eigenvalue weighted by Gasteiger charge is 2.09. The lowest BCUT2D eigenvalue weighted by atomic mass is 10.1. The van der Waals surface area contributed by atoms with Gasteiger partial charge >= 0.3 is 0 Å². The lowest BCUT2D eigenvalue weighted by Gasteiger charge is -2.27. The Hall–Kier alpha value is -1.26. The Bertz CT molecular complexity index is 331. The predicted molar refractivity (Wildman–Crippen MR) is 64.1 cm³/mol. The fourth-order valence-electron chi connectivity index (χ4n) is 1.95. The molecule has 2 rings (SSSR count). The smallest absolute Gasteiger partial charge is 0.106 e. The molecule has 1 heterocycles. The number of benzene rings is 1. The molecule has 4 heteroatoms. The molecule has 1 aliphatic rings. The van der Waals surface area contributed by atoms with Gasteiger partial charge in [0.1, 0.15) is 6.54 Å². The van der Waals surface area contributed by atoms with Gasteiger partial charge in [0.05, 0.1) is 0 Å². The Labute approximate surface area is 95.6 Å². The Morgan fingerprint density at radius 1 is 1.12 bits per heavy atom. The van der Waals surface area contributed by atoms with Gasteiger partial charge in [-0.15, -0.1) is 0 Å². The van der Waals surface area contributed by atoms with Crippen LogP contribution in [0, 0.1) is 4.91 Å². The van der Waals surface area contributed by atoms with Crippen LogP contribution in [0.15, 0.2) is 29.4 Å². The standard InChI is InChI=1S/C12H17N3O/c16-14-9-11-1-3-12(4-2-11)10-15-7-5-13-6-8-15/h1-4,13H,5-10H2. The van der Waals surface area contributed by atoms with E-state index in [-0.39, 0.29) is 6.54 Å². The van der Waals surface area contributed by atoms with Crippen LogP contribution in [-0.2, 0) is 13.1 Å². The van der Waals surface area contributed by atoms with Gasteiger partial charge in [0.15, 0.2) is 0 Å². The van der Waals surface area contributed by atoms with Crippen LogP contribution in [-0.4, -0.2) is 31.1 Å². The molecular weight excluding hydrogens is 202 g/mol. The van der Waals surface area contributed by atoms with E-state index in [0.717, 1.165) is 38.3 Å². The van der Waals surface area contributed by atoms with Gasteiger partial charge in [-0.3, -0.25) is 4.90 Å². The molecule has 1 fully saturated rings. The van der Waals surface area contributed by atoms with Crippen molar-refractivity contribution < 1.29 is 0 Å². The van der Waals surface area contributed by atoms with Gasteiger partial charge in [-0.2, -0.15) is 4.91 Å². The fraction of sp³-hybridized carbons (Fsp3) is 0.500. The molecule has 1 aromatic carbocycles. The van der Waals surface area contributed by atoms with Crippen molar-refractivity contribution in [3.63, 3.8) is 0 Å². The van der Waals surface area contributed by atoms with Gasteiger partial charge in [0.25, 0.3) is 0 Å². The molecule has 1 N–H and O–H groups in total. The summed E-state index contributed by atoms with van der Waals surface area (Å²) >= 11 is 0. The van der Waals surface area contributed by atoms with Crippen LogP contribution in [0.25, 0.3) is 0 Å². The summed E-state index contributed by atoms with van der Waals surface area (Å²) in [6, 6.07) is 8.14. The summed E-state index contributed by atoms with van der Waals surface area (Å²) in [6.07, 6.45) is 0. The summed E-state index contributed by atoms with van der Waals surface area (Å²) in [5.41, 5.74) is 2.29. The normalized spacial score (nSPS) is 17.2. The minimum Gasteiger partial charge on any atom is -0.314 e. The number of piperazine rings is 1. The van der Waals surface area contributed by atoms with Crippen molar-refractivity contribution in [1.82, 2.24) is 10.2 Å². The molecule has 0 spiro atoms. The lowest BCUT2D eigenvalue weighted by Crippen LogP contribution is -2.42. The molecule has 0 atom stereocenters. The second-order valence-electron chi connectivity index (χ2n) is 4.13. The molecule has 0 amide bonds. The topological polar surface area (TPSA) is 44.7 Å². The van der Waals surface area contributed by atoms with Gasteiger partial charge in [-0.1, -0.05) is 29.4 Å². The van der Waals surface area contributed by atoms with E-state index < -0.39 is 0 Å². The van der Waals surface area contributed by atoms with E-state index in [1.165, 1.54) is 5.56 Å². The van der Waals surface area contributed by atoms with E-state index in [9.17, 15) is 4.91 Å². The largest absolute Gasteiger partial charge is 0.314 e. The van der Waals surface area contributed by atoms with Gasteiger partial charge in [-0.25, -0.2) is 0 Å². The van der Waals surface area contributed by atoms with Crippen molar-refractivity contribution >= 4 is 0 Å². The van der Waals surface area contributed by atoms with E-state index in [1.807, 2.05) is 12.1 Å². The zero-order chi connectivity index (χ0) is 11.2. The van der Waals surface area contributed by atoms with Gasteiger partial charge in [0, 0.05) is 32.7 Å². The zero-order valence-corrected chi connectivity index (χ0v) is 9.35. The maximum absolute atomic E-state index is 10.1. The first kappa shape index (κ1) is 11.2. The number of hydrogen-bond acceptors (Lipinski definition) is 4. The molecule has 0 aromatic heterocycles. The quantitative estimate of drug-likeness (QED) is 0.778. The number of hydrogen-bond donors (Lipinski definition) is 1. The Morgan fingerprint density at radius 2 is 1.75 bits per heavy atom. The lowest BCUT2D eigenvalue weighted by molar-refractivity contribution is 0.233. The Kier molecular flexibility index (Phi) is 4.02. The van der Waals surface area contributed by atoms with Crippen LogP contribution in [0.3, 0.4) is 0 Å². The highest BCUT2D eigenvalue weighted by Crippen LogP contribution is 2.08.